The standard InChI is InChI=1S/C15H23NO2/c1-11(16)7-14-8-13(9-17-2)5-6-15(14)18-10-12-3-4-12/h5-6,8,11-12H,3-4,7,9-10,16H2,1-2H3. The smallest absolute Gasteiger partial charge is 0.122 e. The predicted octanol–water partition coefficient (Wildman–Crippen LogP) is 2.51. The van der Waals surface area contributed by atoms with Crippen molar-refractivity contribution in [3.8, 4) is 5.75 Å². The van der Waals surface area contributed by atoms with Crippen LogP contribution in [0.25, 0.3) is 0 Å². The molecule has 3 heteroatoms. The maximum atomic E-state index is 5.90. The minimum Gasteiger partial charge on any atom is -0.493 e. The summed E-state index contributed by atoms with van der Waals surface area (Å²) in [6.45, 7) is 3.50. The fourth-order valence-corrected chi connectivity index (χ4v) is 2.03. The largest absolute Gasteiger partial charge is 0.493 e. The summed E-state index contributed by atoms with van der Waals surface area (Å²) in [7, 11) is 1.71. The van der Waals surface area contributed by atoms with Gasteiger partial charge >= 0.3 is 0 Å². The third-order valence-corrected chi connectivity index (χ3v) is 3.15. The number of nitrogens with two attached hydrogens (primary N) is 1. The van der Waals surface area contributed by atoms with E-state index in [-0.39, 0.29) is 6.04 Å². The Labute approximate surface area is 109 Å². The first-order valence-electron chi connectivity index (χ1n) is 6.68. The third kappa shape index (κ3) is 4.00. The van der Waals surface area contributed by atoms with Crippen molar-refractivity contribution in [3.05, 3.63) is 29.3 Å². The molecule has 0 amide bonds. The Morgan fingerprint density at radius 3 is 2.78 bits per heavy atom. The molecule has 0 spiro atoms. The lowest BCUT2D eigenvalue weighted by Gasteiger charge is -2.14. The predicted molar refractivity (Wildman–Crippen MR) is 72.7 cm³/mol. The van der Waals surface area contributed by atoms with Gasteiger partial charge in [0.2, 0.25) is 0 Å². The summed E-state index contributed by atoms with van der Waals surface area (Å²) >= 11 is 0. The zero-order chi connectivity index (χ0) is 13.0. The summed E-state index contributed by atoms with van der Waals surface area (Å²) in [5, 5.41) is 0. The Morgan fingerprint density at radius 1 is 1.39 bits per heavy atom. The molecule has 1 saturated carbocycles. The fraction of sp³-hybridized carbons (Fsp3) is 0.600. The zero-order valence-electron chi connectivity index (χ0n) is 11.3. The van der Waals surface area contributed by atoms with E-state index in [4.69, 9.17) is 15.2 Å². The second-order valence-electron chi connectivity index (χ2n) is 5.31. The molecule has 0 bridgehead atoms. The second kappa shape index (κ2) is 6.21. The van der Waals surface area contributed by atoms with Gasteiger partial charge in [0.25, 0.3) is 0 Å². The lowest BCUT2D eigenvalue weighted by atomic mass is 10.0. The summed E-state index contributed by atoms with van der Waals surface area (Å²) < 4.78 is 11.1. The highest BCUT2D eigenvalue weighted by Gasteiger charge is 2.22. The van der Waals surface area contributed by atoms with Crippen LogP contribution in [-0.2, 0) is 17.8 Å². The average molecular weight is 249 g/mol. The number of benzene rings is 1. The van der Waals surface area contributed by atoms with Crippen molar-refractivity contribution in [1.29, 1.82) is 0 Å². The number of methoxy groups -OCH3 is 1. The van der Waals surface area contributed by atoms with Crippen molar-refractivity contribution < 1.29 is 9.47 Å². The van der Waals surface area contributed by atoms with Gasteiger partial charge in [0.15, 0.2) is 0 Å². The van der Waals surface area contributed by atoms with Crippen LogP contribution in [0.1, 0.15) is 30.9 Å². The summed E-state index contributed by atoms with van der Waals surface area (Å²) in [4.78, 5) is 0. The Morgan fingerprint density at radius 2 is 2.17 bits per heavy atom. The van der Waals surface area contributed by atoms with Crippen LogP contribution in [0.4, 0.5) is 0 Å². The first kappa shape index (κ1) is 13.4. The molecule has 1 aliphatic rings. The van der Waals surface area contributed by atoms with E-state index in [1.54, 1.807) is 7.11 Å². The quantitative estimate of drug-likeness (QED) is 0.807. The van der Waals surface area contributed by atoms with Crippen molar-refractivity contribution in [2.45, 2.75) is 38.8 Å². The first-order valence-corrected chi connectivity index (χ1v) is 6.68. The highest BCUT2D eigenvalue weighted by Crippen LogP contribution is 2.31. The van der Waals surface area contributed by atoms with Crippen LogP contribution < -0.4 is 10.5 Å². The Balaban J connectivity index is 2.08. The van der Waals surface area contributed by atoms with Gasteiger partial charge in [-0.1, -0.05) is 6.07 Å². The molecule has 1 aromatic carbocycles. The highest BCUT2D eigenvalue weighted by molar-refractivity contribution is 5.37. The number of rotatable bonds is 7. The topological polar surface area (TPSA) is 44.5 Å². The maximum Gasteiger partial charge on any atom is 0.122 e. The number of ether oxygens (including phenoxy) is 2. The molecule has 0 radical (unpaired) electrons. The molecule has 2 N–H and O–H groups in total. The molecule has 100 valence electrons. The van der Waals surface area contributed by atoms with Crippen LogP contribution in [0, 0.1) is 5.92 Å². The van der Waals surface area contributed by atoms with E-state index in [1.165, 1.54) is 24.0 Å². The molecule has 3 nitrogen and oxygen atoms in total. The van der Waals surface area contributed by atoms with Crippen molar-refractivity contribution >= 4 is 0 Å². The van der Waals surface area contributed by atoms with Gasteiger partial charge in [-0.05, 0) is 55.4 Å². The molecule has 1 aliphatic carbocycles. The Hall–Kier alpha value is -1.06. The van der Waals surface area contributed by atoms with Gasteiger partial charge < -0.3 is 15.2 Å². The summed E-state index contributed by atoms with van der Waals surface area (Å²) in [5.41, 5.74) is 8.27. The van der Waals surface area contributed by atoms with Crippen LogP contribution in [0.2, 0.25) is 0 Å². The van der Waals surface area contributed by atoms with Crippen LogP contribution >= 0.6 is 0 Å². The van der Waals surface area contributed by atoms with Gasteiger partial charge in [0.1, 0.15) is 5.75 Å². The van der Waals surface area contributed by atoms with E-state index in [2.05, 4.69) is 18.2 Å². The van der Waals surface area contributed by atoms with Gasteiger partial charge in [-0.15, -0.1) is 0 Å². The second-order valence-corrected chi connectivity index (χ2v) is 5.31. The van der Waals surface area contributed by atoms with Crippen LogP contribution in [-0.4, -0.2) is 19.8 Å². The van der Waals surface area contributed by atoms with Crippen molar-refractivity contribution in [3.63, 3.8) is 0 Å². The van der Waals surface area contributed by atoms with Gasteiger partial charge in [0, 0.05) is 13.2 Å². The van der Waals surface area contributed by atoms with Crippen LogP contribution in [0.15, 0.2) is 18.2 Å². The minimum atomic E-state index is 0.145. The lowest BCUT2D eigenvalue weighted by Crippen LogP contribution is -2.18. The molecule has 1 unspecified atom stereocenters. The Kier molecular flexibility index (Phi) is 4.61. The van der Waals surface area contributed by atoms with E-state index in [0.717, 1.165) is 24.7 Å². The lowest BCUT2D eigenvalue weighted by molar-refractivity contribution is 0.184. The number of hydrogen-bond acceptors (Lipinski definition) is 3. The molecule has 2 rings (SSSR count). The summed E-state index contributed by atoms with van der Waals surface area (Å²) in [6, 6.07) is 6.41. The fourth-order valence-electron chi connectivity index (χ4n) is 2.03. The molecule has 0 aromatic heterocycles. The molecule has 1 atom stereocenters. The van der Waals surface area contributed by atoms with E-state index in [0.29, 0.717) is 6.61 Å². The highest BCUT2D eigenvalue weighted by atomic mass is 16.5. The van der Waals surface area contributed by atoms with Crippen LogP contribution in [0.5, 0.6) is 5.75 Å². The normalized spacial score (nSPS) is 16.6. The van der Waals surface area contributed by atoms with E-state index in [1.807, 2.05) is 6.92 Å². The Bertz CT molecular complexity index is 386. The van der Waals surface area contributed by atoms with E-state index < -0.39 is 0 Å². The van der Waals surface area contributed by atoms with Gasteiger partial charge in [-0.25, -0.2) is 0 Å². The molecule has 1 fully saturated rings. The third-order valence-electron chi connectivity index (χ3n) is 3.15. The molecule has 0 heterocycles. The molecule has 1 aromatic rings. The molecule has 18 heavy (non-hydrogen) atoms. The maximum absolute atomic E-state index is 5.90. The first-order chi connectivity index (χ1) is 8.69. The monoisotopic (exact) mass is 249 g/mol. The van der Waals surface area contributed by atoms with Crippen molar-refractivity contribution in [1.82, 2.24) is 0 Å². The summed E-state index contributed by atoms with van der Waals surface area (Å²) in [6.07, 6.45) is 3.46. The van der Waals surface area contributed by atoms with Crippen molar-refractivity contribution in [2.75, 3.05) is 13.7 Å². The van der Waals surface area contributed by atoms with Crippen molar-refractivity contribution in [2.24, 2.45) is 11.7 Å². The van der Waals surface area contributed by atoms with Gasteiger partial charge in [-0.2, -0.15) is 0 Å². The van der Waals surface area contributed by atoms with Crippen LogP contribution in [0.3, 0.4) is 0 Å². The van der Waals surface area contributed by atoms with Gasteiger partial charge in [0.05, 0.1) is 13.2 Å². The molecular weight excluding hydrogens is 226 g/mol. The van der Waals surface area contributed by atoms with Gasteiger partial charge in [-0.3, -0.25) is 0 Å². The SMILES string of the molecule is COCc1ccc(OCC2CC2)c(CC(C)N)c1. The molecule has 0 aliphatic heterocycles. The van der Waals surface area contributed by atoms with E-state index >= 15 is 0 Å². The van der Waals surface area contributed by atoms with E-state index in [9.17, 15) is 0 Å². The number of hydrogen-bond donors (Lipinski definition) is 1. The summed E-state index contributed by atoms with van der Waals surface area (Å²) in [5.74, 6) is 1.76. The molecule has 0 saturated heterocycles. The minimum absolute atomic E-state index is 0.145. The molecular formula is C15H23NO2. The zero-order valence-corrected chi connectivity index (χ0v) is 11.3. The average Bonchev–Trinajstić information content (AvgIpc) is 3.11.